The van der Waals surface area contributed by atoms with Gasteiger partial charge in [0.25, 0.3) is 0 Å². The zero-order valence-electron chi connectivity index (χ0n) is 12.0. The van der Waals surface area contributed by atoms with E-state index in [0.29, 0.717) is 11.9 Å². The Bertz CT molecular complexity index is 617. The SMILES string of the molecule is CC(C)(C)c1cnc(C=Cc2cnc(NC3CC3)s2)o1. The van der Waals surface area contributed by atoms with Gasteiger partial charge < -0.3 is 9.73 Å². The molecule has 2 heterocycles. The van der Waals surface area contributed by atoms with Crippen LogP contribution in [0.5, 0.6) is 0 Å². The van der Waals surface area contributed by atoms with Crippen LogP contribution in [0.15, 0.2) is 16.8 Å². The lowest BCUT2D eigenvalue weighted by Crippen LogP contribution is -2.09. The summed E-state index contributed by atoms with van der Waals surface area (Å²) in [7, 11) is 0. The maximum Gasteiger partial charge on any atom is 0.218 e. The molecule has 2 aromatic rings. The Morgan fingerprint density at radius 2 is 2.05 bits per heavy atom. The smallest absolute Gasteiger partial charge is 0.218 e. The van der Waals surface area contributed by atoms with Crippen LogP contribution in [0.2, 0.25) is 0 Å². The van der Waals surface area contributed by atoms with Crippen molar-refractivity contribution in [2.45, 2.75) is 45.1 Å². The van der Waals surface area contributed by atoms with Gasteiger partial charge in [0, 0.05) is 28.6 Å². The zero-order valence-corrected chi connectivity index (χ0v) is 12.8. The number of nitrogens with zero attached hydrogens (tertiary/aromatic N) is 2. The molecular weight excluding hydrogens is 270 g/mol. The molecule has 0 bridgehead atoms. The number of anilines is 1. The lowest BCUT2D eigenvalue weighted by atomic mass is 9.94. The van der Waals surface area contributed by atoms with E-state index in [1.54, 1.807) is 17.5 Å². The minimum atomic E-state index is -0.00900. The largest absolute Gasteiger partial charge is 0.441 e. The fraction of sp³-hybridized carbons (Fsp3) is 0.467. The molecule has 1 N–H and O–H groups in total. The number of thiazole rings is 1. The summed E-state index contributed by atoms with van der Waals surface area (Å²) in [5.74, 6) is 1.54. The summed E-state index contributed by atoms with van der Waals surface area (Å²) >= 11 is 1.65. The third-order valence-electron chi connectivity index (χ3n) is 3.08. The van der Waals surface area contributed by atoms with Crippen molar-refractivity contribution in [3.8, 4) is 0 Å². The first-order valence-corrected chi connectivity index (χ1v) is 7.69. The van der Waals surface area contributed by atoms with Crippen LogP contribution in [-0.4, -0.2) is 16.0 Å². The first-order chi connectivity index (χ1) is 9.50. The highest BCUT2D eigenvalue weighted by molar-refractivity contribution is 7.16. The minimum absolute atomic E-state index is 0.00900. The Morgan fingerprint density at radius 3 is 2.70 bits per heavy atom. The molecule has 3 rings (SSSR count). The highest BCUT2D eigenvalue weighted by Gasteiger charge is 2.22. The predicted molar refractivity (Wildman–Crippen MR) is 82.9 cm³/mol. The Balaban J connectivity index is 1.66. The average Bonchev–Trinajstić information content (AvgIpc) is 2.90. The summed E-state index contributed by atoms with van der Waals surface area (Å²) in [6.45, 7) is 6.33. The highest BCUT2D eigenvalue weighted by Crippen LogP contribution is 2.28. The second kappa shape index (κ2) is 5.05. The standard InChI is InChI=1S/C15H19N3OS/c1-15(2,3)12-9-16-13(19-12)7-6-11-8-17-14(20-11)18-10-4-5-10/h6-10H,4-5H2,1-3H3,(H,17,18). The van der Waals surface area contributed by atoms with E-state index in [2.05, 4.69) is 36.1 Å². The molecule has 0 unspecified atom stereocenters. The van der Waals surface area contributed by atoms with Gasteiger partial charge in [-0.3, -0.25) is 0 Å². The van der Waals surface area contributed by atoms with Crippen molar-refractivity contribution in [2.75, 3.05) is 5.32 Å². The molecule has 1 aliphatic rings. The van der Waals surface area contributed by atoms with E-state index in [0.717, 1.165) is 15.8 Å². The van der Waals surface area contributed by atoms with E-state index >= 15 is 0 Å². The summed E-state index contributed by atoms with van der Waals surface area (Å²) in [5, 5.41) is 4.39. The molecule has 20 heavy (non-hydrogen) atoms. The quantitative estimate of drug-likeness (QED) is 0.917. The van der Waals surface area contributed by atoms with E-state index in [-0.39, 0.29) is 5.41 Å². The van der Waals surface area contributed by atoms with E-state index in [4.69, 9.17) is 4.42 Å². The summed E-state index contributed by atoms with van der Waals surface area (Å²) in [6.07, 6.45) is 10.1. The lowest BCUT2D eigenvalue weighted by molar-refractivity contribution is 0.403. The van der Waals surface area contributed by atoms with Gasteiger partial charge in [0.15, 0.2) is 5.13 Å². The Kier molecular flexibility index (Phi) is 3.38. The number of hydrogen-bond acceptors (Lipinski definition) is 5. The molecular formula is C15H19N3OS. The molecule has 4 nitrogen and oxygen atoms in total. The van der Waals surface area contributed by atoms with Gasteiger partial charge in [0.05, 0.1) is 6.20 Å². The summed E-state index contributed by atoms with van der Waals surface area (Å²) in [5.41, 5.74) is -0.00900. The van der Waals surface area contributed by atoms with Crippen molar-refractivity contribution < 1.29 is 4.42 Å². The van der Waals surface area contributed by atoms with Crippen molar-refractivity contribution in [1.82, 2.24) is 9.97 Å². The summed E-state index contributed by atoms with van der Waals surface area (Å²) < 4.78 is 5.72. The van der Waals surface area contributed by atoms with Crippen LogP contribution in [-0.2, 0) is 5.41 Å². The van der Waals surface area contributed by atoms with E-state index in [1.165, 1.54) is 12.8 Å². The third kappa shape index (κ3) is 3.28. The molecule has 1 aliphatic carbocycles. The minimum Gasteiger partial charge on any atom is -0.441 e. The summed E-state index contributed by atoms with van der Waals surface area (Å²) in [6, 6.07) is 0.638. The van der Waals surface area contributed by atoms with Crippen LogP contribution >= 0.6 is 11.3 Å². The Hall–Kier alpha value is -1.62. The number of hydrogen-bond donors (Lipinski definition) is 1. The average molecular weight is 289 g/mol. The van der Waals surface area contributed by atoms with Crippen molar-refractivity contribution in [2.24, 2.45) is 0 Å². The molecule has 0 radical (unpaired) electrons. The van der Waals surface area contributed by atoms with Crippen LogP contribution in [0.1, 0.15) is 50.1 Å². The van der Waals surface area contributed by atoms with Gasteiger partial charge in [0.1, 0.15) is 5.76 Å². The van der Waals surface area contributed by atoms with Gasteiger partial charge in [-0.2, -0.15) is 0 Å². The molecule has 1 fully saturated rings. The van der Waals surface area contributed by atoms with Gasteiger partial charge >= 0.3 is 0 Å². The second-order valence-corrected chi connectivity index (χ2v) is 7.19. The van der Waals surface area contributed by atoms with Crippen molar-refractivity contribution in [3.05, 3.63) is 28.9 Å². The van der Waals surface area contributed by atoms with E-state index < -0.39 is 0 Å². The van der Waals surface area contributed by atoms with Crippen LogP contribution in [0.3, 0.4) is 0 Å². The van der Waals surface area contributed by atoms with E-state index in [1.807, 2.05) is 18.3 Å². The van der Waals surface area contributed by atoms with Crippen LogP contribution in [0, 0.1) is 0 Å². The number of oxazole rings is 1. The Labute approximate surface area is 123 Å². The van der Waals surface area contributed by atoms with Crippen LogP contribution < -0.4 is 5.32 Å². The fourth-order valence-corrected chi connectivity index (χ4v) is 2.49. The zero-order chi connectivity index (χ0) is 14.2. The molecule has 1 saturated carbocycles. The van der Waals surface area contributed by atoms with Crippen LogP contribution in [0.25, 0.3) is 12.2 Å². The molecule has 5 heteroatoms. The topological polar surface area (TPSA) is 51.0 Å². The van der Waals surface area contributed by atoms with Crippen molar-refractivity contribution in [1.29, 1.82) is 0 Å². The molecule has 2 aromatic heterocycles. The first-order valence-electron chi connectivity index (χ1n) is 6.87. The maximum atomic E-state index is 5.72. The number of nitrogens with one attached hydrogen (secondary N) is 1. The first kappa shape index (κ1) is 13.4. The number of rotatable bonds is 4. The molecule has 0 aliphatic heterocycles. The van der Waals surface area contributed by atoms with Crippen LogP contribution in [0.4, 0.5) is 5.13 Å². The second-order valence-electron chi connectivity index (χ2n) is 6.13. The van der Waals surface area contributed by atoms with Gasteiger partial charge in [0.2, 0.25) is 5.89 Å². The van der Waals surface area contributed by atoms with Gasteiger partial charge in [-0.15, -0.1) is 0 Å². The van der Waals surface area contributed by atoms with Crippen molar-refractivity contribution >= 4 is 28.6 Å². The molecule has 0 aromatic carbocycles. The molecule has 106 valence electrons. The molecule has 0 atom stereocenters. The predicted octanol–water partition coefficient (Wildman–Crippen LogP) is 4.17. The normalized spacial score (nSPS) is 15.9. The van der Waals surface area contributed by atoms with Crippen molar-refractivity contribution in [3.63, 3.8) is 0 Å². The lowest BCUT2D eigenvalue weighted by Gasteiger charge is -2.12. The maximum absolute atomic E-state index is 5.72. The van der Waals surface area contributed by atoms with Gasteiger partial charge in [-0.1, -0.05) is 32.1 Å². The molecule has 0 amide bonds. The monoisotopic (exact) mass is 289 g/mol. The third-order valence-corrected chi connectivity index (χ3v) is 3.98. The fourth-order valence-electron chi connectivity index (χ4n) is 1.70. The molecule has 0 saturated heterocycles. The summed E-state index contributed by atoms with van der Waals surface area (Å²) in [4.78, 5) is 9.74. The highest BCUT2D eigenvalue weighted by atomic mass is 32.1. The van der Waals surface area contributed by atoms with Gasteiger partial charge in [-0.25, -0.2) is 9.97 Å². The van der Waals surface area contributed by atoms with E-state index in [9.17, 15) is 0 Å². The number of aromatic nitrogens is 2. The van der Waals surface area contributed by atoms with Gasteiger partial charge in [-0.05, 0) is 18.9 Å². The molecule has 0 spiro atoms. The Morgan fingerprint density at radius 1 is 1.25 bits per heavy atom.